The number of nitrogens with zero attached hydrogens (tertiary/aromatic N) is 5. The molecule has 0 bridgehead atoms. The van der Waals surface area contributed by atoms with E-state index in [1.165, 1.54) is 6.42 Å². The summed E-state index contributed by atoms with van der Waals surface area (Å²) >= 11 is 0. The van der Waals surface area contributed by atoms with Crippen molar-refractivity contribution in [2.75, 3.05) is 18.0 Å². The minimum atomic E-state index is 0. The van der Waals surface area contributed by atoms with Gasteiger partial charge in [0.15, 0.2) is 0 Å². The van der Waals surface area contributed by atoms with Gasteiger partial charge < -0.3 is 15.2 Å². The maximum absolute atomic E-state index is 7.10. The van der Waals surface area contributed by atoms with Crippen molar-refractivity contribution in [1.82, 2.24) is 14.5 Å². The Balaban J connectivity index is 0.00000192. The Labute approximate surface area is 170 Å². The van der Waals surface area contributed by atoms with Gasteiger partial charge in [0.05, 0.1) is 29.8 Å². The molecular weight excluding hydrogens is 372 g/mol. The summed E-state index contributed by atoms with van der Waals surface area (Å²) in [6.07, 6.45) is 4.01. The molecule has 0 radical (unpaired) electrons. The molecule has 3 aromatic rings. The van der Waals surface area contributed by atoms with E-state index in [2.05, 4.69) is 37.5 Å². The lowest BCUT2D eigenvalue weighted by Gasteiger charge is -2.21. The van der Waals surface area contributed by atoms with E-state index < -0.39 is 0 Å². The van der Waals surface area contributed by atoms with E-state index in [4.69, 9.17) is 17.3 Å². The van der Waals surface area contributed by atoms with Gasteiger partial charge in [0.25, 0.3) is 0 Å². The third kappa shape index (κ3) is 3.11. The molecule has 0 amide bonds. The van der Waals surface area contributed by atoms with Crippen LogP contribution in [0.5, 0.6) is 0 Å². The molecule has 1 aliphatic carbocycles. The van der Waals surface area contributed by atoms with Crippen LogP contribution in [0.3, 0.4) is 0 Å². The minimum Gasteiger partial charge on any atom is -0.342 e. The standard InChI is InChI=1S/C21H22N6.ClH/c1-23-15-7-8-16(24-10-15)12-27-20-5-3-2-4-19(20)25-21(27)26-11-14-6-9-18(22)17(14)13-26;/h2-5,7-8,10,14,17-18H,6,9,11-13,22H2;1H/t14-,17+,18+;/m0./s1. The highest BCUT2D eigenvalue weighted by Crippen LogP contribution is 2.39. The molecule has 1 saturated heterocycles. The number of halogens is 1. The van der Waals surface area contributed by atoms with Crippen molar-refractivity contribution in [2.24, 2.45) is 17.6 Å². The maximum atomic E-state index is 7.10. The molecule has 1 saturated carbocycles. The molecule has 6 nitrogen and oxygen atoms in total. The van der Waals surface area contributed by atoms with Gasteiger partial charge in [0.1, 0.15) is 0 Å². The van der Waals surface area contributed by atoms with Gasteiger partial charge in [0.2, 0.25) is 11.6 Å². The number of rotatable bonds is 3. The molecule has 2 N–H and O–H groups in total. The van der Waals surface area contributed by atoms with Gasteiger partial charge in [-0.2, -0.15) is 0 Å². The van der Waals surface area contributed by atoms with Gasteiger partial charge in [-0.25, -0.2) is 9.83 Å². The number of fused-ring (bicyclic) bond motifs is 2. The van der Waals surface area contributed by atoms with E-state index in [-0.39, 0.29) is 12.4 Å². The van der Waals surface area contributed by atoms with Gasteiger partial charge in [-0.3, -0.25) is 4.98 Å². The van der Waals surface area contributed by atoms with Crippen molar-refractivity contribution < 1.29 is 0 Å². The van der Waals surface area contributed by atoms with E-state index in [1.807, 2.05) is 18.2 Å². The van der Waals surface area contributed by atoms with Crippen molar-refractivity contribution in [3.05, 3.63) is 59.7 Å². The van der Waals surface area contributed by atoms with Crippen LogP contribution in [0.1, 0.15) is 18.5 Å². The molecule has 1 aromatic carbocycles. The van der Waals surface area contributed by atoms with Crippen molar-refractivity contribution in [1.29, 1.82) is 0 Å². The summed E-state index contributed by atoms with van der Waals surface area (Å²) in [5.41, 5.74) is 9.96. The zero-order chi connectivity index (χ0) is 18.4. The van der Waals surface area contributed by atoms with Gasteiger partial charge in [-0.1, -0.05) is 18.2 Å². The van der Waals surface area contributed by atoms with Gasteiger partial charge in [-0.05, 0) is 42.9 Å². The molecule has 7 heteroatoms. The third-order valence-electron chi connectivity index (χ3n) is 6.09. The van der Waals surface area contributed by atoms with Crippen LogP contribution in [0, 0.1) is 18.4 Å². The fourth-order valence-electron chi connectivity index (χ4n) is 4.67. The topological polar surface area (TPSA) is 64.3 Å². The van der Waals surface area contributed by atoms with E-state index in [9.17, 15) is 0 Å². The summed E-state index contributed by atoms with van der Waals surface area (Å²) in [4.78, 5) is 15.2. The Kier molecular flexibility index (Phi) is 4.96. The molecule has 2 aliphatic rings. The normalized spacial score (nSPS) is 23.4. The summed E-state index contributed by atoms with van der Waals surface area (Å²) < 4.78 is 2.25. The average molecular weight is 395 g/mol. The molecule has 3 heterocycles. The molecule has 3 atom stereocenters. The summed E-state index contributed by atoms with van der Waals surface area (Å²) in [6.45, 7) is 9.76. The Morgan fingerprint density at radius 1 is 1.14 bits per heavy atom. The zero-order valence-electron chi connectivity index (χ0n) is 15.5. The molecule has 0 spiro atoms. The number of para-hydroxylation sites is 2. The van der Waals surface area contributed by atoms with E-state index in [1.54, 1.807) is 6.20 Å². The van der Waals surface area contributed by atoms with Crippen LogP contribution >= 0.6 is 12.4 Å². The average Bonchev–Trinajstić information content (AvgIpc) is 3.37. The minimum absolute atomic E-state index is 0. The number of aromatic nitrogens is 3. The molecule has 2 aromatic heterocycles. The first-order chi connectivity index (χ1) is 13.2. The van der Waals surface area contributed by atoms with Crippen LogP contribution < -0.4 is 10.6 Å². The van der Waals surface area contributed by atoms with Crippen LogP contribution in [-0.2, 0) is 6.54 Å². The predicted octanol–water partition coefficient (Wildman–Crippen LogP) is 3.63. The van der Waals surface area contributed by atoms with Crippen molar-refractivity contribution in [3.63, 3.8) is 0 Å². The number of imidazole rings is 1. The number of nitrogens with two attached hydrogens (primary N) is 1. The summed E-state index contributed by atoms with van der Waals surface area (Å²) in [5, 5.41) is 0. The largest absolute Gasteiger partial charge is 0.342 e. The Bertz CT molecular complexity index is 1020. The third-order valence-corrected chi connectivity index (χ3v) is 6.09. The molecule has 5 rings (SSSR count). The Morgan fingerprint density at radius 3 is 2.75 bits per heavy atom. The lowest BCUT2D eigenvalue weighted by atomic mass is 9.98. The van der Waals surface area contributed by atoms with Crippen molar-refractivity contribution in [3.8, 4) is 0 Å². The van der Waals surface area contributed by atoms with Crippen LogP contribution in [0.25, 0.3) is 15.9 Å². The quantitative estimate of drug-likeness (QED) is 0.689. The highest BCUT2D eigenvalue weighted by molar-refractivity contribution is 5.85. The number of anilines is 1. The van der Waals surface area contributed by atoms with Crippen molar-refractivity contribution >= 4 is 35.1 Å². The second-order valence-electron chi connectivity index (χ2n) is 7.68. The molecular formula is C21H23ClN6. The molecule has 2 fully saturated rings. The fourth-order valence-corrected chi connectivity index (χ4v) is 4.67. The lowest BCUT2D eigenvalue weighted by molar-refractivity contribution is 0.453. The van der Waals surface area contributed by atoms with Crippen LogP contribution in [-0.4, -0.2) is 33.7 Å². The van der Waals surface area contributed by atoms with Crippen LogP contribution in [0.2, 0.25) is 0 Å². The first kappa shape index (κ1) is 18.7. The monoisotopic (exact) mass is 394 g/mol. The van der Waals surface area contributed by atoms with Gasteiger partial charge >= 0.3 is 0 Å². The summed E-state index contributed by atoms with van der Waals surface area (Å²) in [5.74, 6) is 2.27. The van der Waals surface area contributed by atoms with Gasteiger partial charge in [-0.15, -0.1) is 12.4 Å². The van der Waals surface area contributed by atoms with Gasteiger partial charge in [0, 0.05) is 25.3 Å². The molecule has 1 aliphatic heterocycles. The SMILES string of the molecule is Cl.[C-]#[N+]c1ccc(Cn2c(N3C[C@@H]4CC[C@@H](N)[C@@H]4C3)nc3ccccc32)nc1. The second kappa shape index (κ2) is 7.42. The van der Waals surface area contributed by atoms with E-state index >= 15 is 0 Å². The first-order valence-corrected chi connectivity index (χ1v) is 9.51. The second-order valence-corrected chi connectivity index (χ2v) is 7.68. The summed E-state index contributed by atoms with van der Waals surface area (Å²) in [7, 11) is 0. The maximum Gasteiger partial charge on any atom is 0.206 e. The van der Waals surface area contributed by atoms with E-state index in [0.29, 0.717) is 30.1 Å². The highest BCUT2D eigenvalue weighted by Gasteiger charge is 2.42. The Hall–Kier alpha value is -2.62. The smallest absolute Gasteiger partial charge is 0.206 e. The molecule has 144 valence electrons. The zero-order valence-corrected chi connectivity index (χ0v) is 16.3. The number of benzene rings is 1. The Morgan fingerprint density at radius 2 is 2.00 bits per heavy atom. The fraction of sp³-hybridized carbons (Fsp3) is 0.381. The number of hydrogen-bond donors (Lipinski definition) is 1. The number of hydrogen-bond acceptors (Lipinski definition) is 4. The molecule has 0 unspecified atom stereocenters. The number of pyridine rings is 1. The first-order valence-electron chi connectivity index (χ1n) is 9.51. The lowest BCUT2D eigenvalue weighted by Crippen LogP contribution is -2.31. The highest BCUT2D eigenvalue weighted by atomic mass is 35.5. The van der Waals surface area contributed by atoms with Crippen molar-refractivity contribution in [2.45, 2.75) is 25.4 Å². The summed E-state index contributed by atoms with van der Waals surface area (Å²) in [6, 6.07) is 12.3. The predicted molar refractivity (Wildman–Crippen MR) is 113 cm³/mol. The van der Waals surface area contributed by atoms with E-state index in [0.717, 1.165) is 42.2 Å². The molecule has 28 heavy (non-hydrogen) atoms. The van der Waals surface area contributed by atoms with Crippen LogP contribution in [0.15, 0.2) is 42.6 Å². The van der Waals surface area contributed by atoms with Crippen LogP contribution in [0.4, 0.5) is 11.6 Å².